The van der Waals surface area contributed by atoms with E-state index in [9.17, 15) is 24.0 Å². The summed E-state index contributed by atoms with van der Waals surface area (Å²) in [6.45, 7) is 1.64. The maximum Gasteiger partial charge on any atom is 0.335 e. The molecule has 9 nitrogen and oxygen atoms in total. The predicted molar refractivity (Wildman–Crippen MR) is 101 cm³/mol. The monoisotopic (exact) mass is 404 g/mol. The second kappa shape index (κ2) is 7.42. The van der Waals surface area contributed by atoms with E-state index in [1.54, 1.807) is 0 Å². The minimum absolute atomic E-state index is 0.234. The average molecular weight is 404 g/mol. The van der Waals surface area contributed by atoms with Crippen molar-refractivity contribution in [3.8, 4) is 0 Å². The number of hydrogen-bond acceptors (Lipinski definition) is 5. The van der Waals surface area contributed by atoms with Gasteiger partial charge >= 0.3 is 17.8 Å². The number of imide groups is 2. The van der Waals surface area contributed by atoms with Crippen LogP contribution < -0.4 is 10.6 Å². The van der Waals surface area contributed by atoms with Crippen molar-refractivity contribution in [1.29, 1.82) is 0 Å². The maximum atomic E-state index is 13.0. The summed E-state index contributed by atoms with van der Waals surface area (Å²) in [5, 5.41) is 5.02. The summed E-state index contributed by atoms with van der Waals surface area (Å²) in [5.41, 5.74) is -0.566. The minimum Gasteiger partial charge on any atom is -0.355 e. The van der Waals surface area contributed by atoms with Crippen LogP contribution >= 0.6 is 0 Å². The molecule has 1 heterocycles. The zero-order valence-electron chi connectivity index (χ0n) is 16.7. The Morgan fingerprint density at radius 3 is 2.07 bits per heavy atom. The van der Waals surface area contributed by atoms with E-state index in [4.69, 9.17) is 0 Å². The van der Waals surface area contributed by atoms with Gasteiger partial charge in [-0.1, -0.05) is 6.92 Å². The van der Waals surface area contributed by atoms with Crippen LogP contribution in [0.3, 0.4) is 0 Å². The molecule has 0 unspecified atom stereocenters. The van der Waals surface area contributed by atoms with E-state index >= 15 is 0 Å². The Hall–Kier alpha value is -2.45. The molecule has 0 spiro atoms. The van der Waals surface area contributed by atoms with E-state index in [0.29, 0.717) is 24.3 Å². The van der Waals surface area contributed by atoms with Gasteiger partial charge in [-0.2, -0.15) is 0 Å². The highest BCUT2D eigenvalue weighted by atomic mass is 16.2. The molecule has 2 N–H and O–H groups in total. The fourth-order valence-electron chi connectivity index (χ4n) is 6.11. The van der Waals surface area contributed by atoms with E-state index < -0.39 is 35.8 Å². The summed E-state index contributed by atoms with van der Waals surface area (Å²) in [5.74, 6) is -1.21. The van der Waals surface area contributed by atoms with E-state index in [0.717, 1.165) is 49.8 Å². The molecule has 5 fully saturated rings. The zero-order valence-corrected chi connectivity index (χ0v) is 16.7. The van der Waals surface area contributed by atoms with Gasteiger partial charge in [-0.3, -0.25) is 19.2 Å². The number of urea groups is 1. The molecule has 1 aliphatic heterocycles. The van der Waals surface area contributed by atoms with Crippen molar-refractivity contribution in [2.24, 2.45) is 17.8 Å². The number of amides is 6. The maximum absolute atomic E-state index is 13.0. The first kappa shape index (κ1) is 19.8. The molecular formula is C20H28N4O5. The summed E-state index contributed by atoms with van der Waals surface area (Å²) in [6.07, 6.45) is 6.52. The van der Waals surface area contributed by atoms with Crippen LogP contribution in [-0.4, -0.2) is 64.6 Å². The van der Waals surface area contributed by atoms with Gasteiger partial charge in [-0.15, -0.1) is 0 Å². The van der Waals surface area contributed by atoms with Gasteiger partial charge in [0.2, 0.25) is 11.8 Å². The molecule has 1 saturated heterocycles. The molecule has 0 aromatic rings. The number of nitrogens with one attached hydrogen (secondary N) is 2. The average Bonchev–Trinajstić information content (AvgIpc) is 2.87. The molecule has 5 aliphatic rings. The third-order valence-corrected chi connectivity index (χ3v) is 6.85. The van der Waals surface area contributed by atoms with Crippen molar-refractivity contribution in [2.75, 3.05) is 19.6 Å². The standard InChI is InChI=1S/C20H28N4O5/c1-2-3-21-15(25)10-22-16(26)11-23-17(27)18(28)24(19(23)29)20-7-12-4-13(8-20)6-14(5-12)9-20/h12-14H,2-11H2,1H3,(H,21,25)(H,22,26). The normalized spacial score (nSPS) is 32.9. The second-order valence-corrected chi connectivity index (χ2v) is 9.08. The second-order valence-electron chi connectivity index (χ2n) is 9.08. The van der Waals surface area contributed by atoms with Gasteiger partial charge in [0.25, 0.3) is 0 Å². The fourth-order valence-corrected chi connectivity index (χ4v) is 6.11. The molecule has 4 aliphatic carbocycles. The Labute approximate surface area is 169 Å². The van der Waals surface area contributed by atoms with Gasteiger partial charge in [0.15, 0.2) is 0 Å². The molecule has 0 atom stereocenters. The Morgan fingerprint density at radius 1 is 0.931 bits per heavy atom. The van der Waals surface area contributed by atoms with Crippen LogP contribution in [0, 0.1) is 17.8 Å². The molecule has 6 amide bonds. The van der Waals surface area contributed by atoms with E-state index in [2.05, 4.69) is 10.6 Å². The molecular weight excluding hydrogens is 376 g/mol. The first-order valence-corrected chi connectivity index (χ1v) is 10.6. The summed E-state index contributed by atoms with van der Waals surface area (Å²) in [4.78, 5) is 63.9. The Bertz CT molecular complexity index is 729. The zero-order chi connectivity index (χ0) is 20.8. The van der Waals surface area contributed by atoms with Crippen molar-refractivity contribution in [3.63, 3.8) is 0 Å². The third-order valence-electron chi connectivity index (χ3n) is 6.85. The summed E-state index contributed by atoms with van der Waals surface area (Å²) in [7, 11) is 0. The van der Waals surface area contributed by atoms with Crippen molar-refractivity contribution in [1.82, 2.24) is 20.4 Å². The number of carbonyl (C=O) groups is 5. The van der Waals surface area contributed by atoms with Crippen molar-refractivity contribution >= 4 is 29.7 Å². The van der Waals surface area contributed by atoms with E-state index in [1.807, 2.05) is 6.92 Å². The molecule has 4 bridgehead atoms. The van der Waals surface area contributed by atoms with Crippen LogP contribution in [0.4, 0.5) is 4.79 Å². The Morgan fingerprint density at radius 2 is 1.52 bits per heavy atom. The minimum atomic E-state index is -0.948. The van der Waals surface area contributed by atoms with Gasteiger partial charge in [-0.05, 0) is 62.7 Å². The molecule has 0 aromatic heterocycles. The van der Waals surface area contributed by atoms with E-state index in [1.165, 1.54) is 4.90 Å². The number of carbonyl (C=O) groups excluding carboxylic acids is 5. The highest BCUT2D eigenvalue weighted by molar-refractivity contribution is 6.45. The third kappa shape index (κ3) is 3.51. The van der Waals surface area contributed by atoms with Crippen LogP contribution in [0.25, 0.3) is 0 Å². The van der Waals surface area contributed by atoms with Crippen molar-refractivity contribution in [3.05, 3.63) is 0 Å². The first-order valence-electron chi connectivity index (χ1n) is 10.6. The van der Waals surface area contributed by atoms with Crippen LogP contribution in [0.5, 0.6) is 0 Å². The van der Waals surface area contributed by atoms with Gasteiger partial charge in [0.1, 0.15) is 6.54 Å². The molecule has 5 rings (SSSR count). The first-order chi connectivity index (χ1) is 13.8. The predicted octanol–water partition coefficient (Wildman–Crippen LogP) is 0.388. The lowest BCUT2D eigenvalue weighted by Crippen LogP contribution is -2.62. The van der Waals surface area contributed by atoms with Crippen LogP contribution in [0.2, 0.25) is 0 Å². The van der Waals surface area contributed by atoms with E-state index in [-0.39, 0.29) is 12.5 Å². The molecule has 0 aromatic carbocycles. The summed E-state index contributed by atoms with van der Waals surface area (Å²) < 4.78 is 0. The highest BCUT2D eigenvalue weighted by Gasteiger charge is 2.61. The molecule has 4 saturated carbocycles. The lowest BCUT2D eigenvalue weighted by molar-refractivity contribution is -0.150. The van der Waals surface area contributed by atoms with Crippen molar-refractivity contribution < 1.29 is 24.0 Å². The molecule has 9 heteroatoms. The smallest absolute Gasteiger partial charge is 0.335 e. The number of hydrogen-bond donors (Lipinski definition) is 2. The topological polar surface area (TPSA) is 116 Å². The largest absolute Gasteiger partial charge is 0.355 e. The Balaban J connectivity index is 1.41. The quantitative estimate of drug-likeness (QED) is 0.470. The van der Waals surface area contributed by atoms with Gasteiger partial charge < -0.3 is 10.6 Å². The fraction of sp³-hybridized carbons (Fsp3) is 0.750. The Kier molecular flexibility index (Phi) is 5.08. The lowest BCUT2D eigenvalue weighted by atomic mass is 9.52. The number of rotatable bonds is 7. The van der Waals surface area contributed by atoms with Gasteiger partial charge in [0.05, 0.1) is 12.1 Å². The summed E-state index contributed by atoms with van der Waals surface area (Å²) >= 11 is 0. The number of nitrogens with zero attached hydrogens (tertiary/aromatic N) is 2. The molecule has 0 radical (unpaired) electrons. The van der Waals surface area contributed by atoms with Crippen LogP contribution in [-0.2, 0) is 19.2 Å². The summed E-state index contributed by atoms with van der Waals surface area (Å²) in [6, 6.07) is -0.687. The van der Waals surface area contributed by atoms with Gasteiger partial charge in [-0.25, -0.2) is 14.6 Å². The van der Waals surface area contributed by atoms with Crippen LogP contribution in [0.1, 0.15) is 51.9 Å². The highest BCUT2D eigenvalue weighted by Crippen LogP contribution is 2.58. The van der Waals surface area contributed by atoms with Crippen molar-refractivity contribution in [2.45, 2.75) is 57.4 Å². The molecule has 158 valence electrons. The molecule has 29 heavy (non-hydrogen) atoms. The SMILES string of the molecule is CCCNC(=O)CNC(=O)CN1C(=O)C(=O)N(C23CC4CC(CC(C4)C2)C3)C1=O. The lowest BCUT2D eigenvalue weighted by Gasteiger charge is -2.58. The van der Waals surface area contributed by atoms with Gasteiger partial charge in [0, 0.05) is 6.54 Å². The van der Waals surface area contributed by atoms with Crippen LogP contribution in [0.15, 0.2) is 0 Å².